The van der Waals surface area contributed by atoms with Crippen LogP contribution in [0, 0.1) is 0 Å². The van der Waals surface area contributed by atoms with E-state index < -0.39 is 12.2 Å². The van der Waals surface area contributed by atoms with Crippen LogP contribution in [0.2, 0.25) is 0 Å². The maximum Gasteiger partial charge on any atom is 0.252 e. The van der Waals surface area contributed by atoms with E-state index in [4.69, 9.17) is 9.47 Å². The summed E-state index contributed by atoms with van der Waals surface area (Å²) in [6.45, 7) is 4.89. The first kappa shape index (κ1) is 23.3. The van der Waals surface area contributed by atoms with Gasteiger partial charge in [0.15, 0.2) is 6.10 Å². The van der Waals surface area contributed by atoms with Gasteiger partial charge in [0.1, 0.15) is 5.75 Å². The summed E-state index contributed by atoms with van der Waals surface area (Å²) in [7, 11) is 1.72. The highest BCUT2D eigenvalue weighted by molar-refractivity contribution is 5.81. The molecule has 0 bridgehead atoms. The molecule has 178 valence electrons. The van der Waals surface area contributed by atoms with E-state index in [0.717, 1.165) is 69.8 Å². The van der Waals surface area contributed by atoms with Gasteiger partial charge in [-0.25, -0.2) is 0 Å². The fraction of sp³-hybridized carbons (Fsp3) is 0.720. The van der Waals surface area contributed by atoms with E-state index >= 15 is 0 Å². The number of hydrogen-bond donors (Lipinski definition) is 2. The molecule has 3 fully saturated rings. The fourth-order valence-corrected chi connectivity index (χ4v) is 5.28. The Kier molecular flexibility index (Phi) is 8.27. The highest BCUT2D eigenvalue weighted by Crippen LogP contribution is 2.29. The summed E-state index contributed by atoms with van der Waals surface area (Å²) in [5, 5.41) is 13.5. The highest BCUT2D eigenvalue weighted by atomic mass is 16.5. The van der Waals surface area contributed by atoms with Crippen molar-refractivity contribution < 1.29 is 19.4 Å². The van der Waals surface area contributed by atoms with Crippen molar-refractivity contribution in [2.45, 2.75) is 75.7 Å². The second-order valence-corrected chi connectivity index (χ2v) is 9.46. The fourth-order valence-electron chi connectivity index (χ4n) is 5.28. The number of nitrogens with zero attached hydrogens (tertiary/aromatic N) is 2. The Balaban J connectivity index is 1.21. The Bertz CT molecular complexity index is 732. The van der Waals surface area contributed by atoms with Crippen molar-refractivity contribution in [2.75, 3.05) is 44.7 Å². The molecule has 1 amide bonds. The maximum atomic E-state index is 12.7. The lowest BCUT2D eigenvalue weighted by molar-refractivity contribution is -0.159. The summed E-state index contributed by atoms with van der Waals surface area (Å²) in [5.41, 5.74) is 1.16. The molecule has 0 unspecified atom stereocenters. The van der Waals surface area contributed by atoms with Crippen LogP contribution in [0.5, 0.6) is 5.75 Å². The van der Waals surface area contributed by atoms with Gasteiger partial charge in [0.05, 0.1) is 25.0 Å². The van der Waals surface area contributed by atoms with Gasteiger partial charge in [-0.3, -0.25) is 9.69 Å². The maximum absolute atomic E-state index is 12.7. The molecule has 32 heavy (non-hydrogen) atoms. The molecule has 0 aromatic heterocycles. The Morgan fingerprint density at radius 3 is 2.59 bits per heavy atom. The zero-order chi connectivity index (χ0) is 22.3. The standard InChI is InChI=1S/C25H39N3O4/c1-31-23-10-6-5-9-21(23)28-17-15-27(16-18-28)14-13-20-11-12-22(29)24(32-20)25(30)26-19-7-3-2-4-8-19/h5-6,9-10,19-20,22,24,29H,2-4,7-8,11-18H2,1H3,(H,26,30)/t20-,22-,24-/m0/s1. The van der Waals surface area contributed by atoms with Crippen LogP contribution in [0.1, 0.15) is 51.4 Å². The van der Waals surface area contributed by atoms with Gasteiger partial charge in [-0.15, -0.1) is 0 Å². The van der Waals surface area contributed by atoms with Crippen molar-refractivity contribution >= 4 is 11.6 Å². The summed E-state index contributed by atoms with van der Waals surface area (Å²) in [6, 6.07) is 8.43. The van der Waals surface area contributed by atoms with Gasteiger partial charge in [-0.2, -0.15) is 0 Å². The zero-order valence-corrected chi connectivity index (χ0v) is 19.4. The molecule has 4 rings (SSSR count). The molecule has 2 heterocycles. The van der Waals surface area contributed by atoms with Crippen LogP contribution in [0.4, 0.5) is 5.69 Å². The molecule has 2 aliphatic heterocycles. The van der Waals surface area contributed by atoms with Crippen LogP contribution in [-0.4, -0.2) is 80.1 Å². The van der Waals surface area contributed by atoms with E-state index in [0.29, 0.717) is 6.42 Å². The predicted molar refractivity (Wildman–Crippen MR) is 125 cm³/mol. The van der Waals surface area contributed by atoms with Crippen molar-refractivity contribution in [1.82, 2.24) is 10.2 Å². The van der Waals surface area contributed by atoms with Gasteiger partial charge in [0.25, 0.3) is 5.91 Å². The number of anilines is 1. The first-order valence-electron chi connectivity index (χ1n) is 12.4. The lowest BCUT2D eigenvalue weighted by Gasteiger charge is -2.38. The van der Waals surface area contributed by atoms with Gasteiger partial charge in [0.2, 0.25) is 0 Å². The summed E-state index contributed by atoms with van der Waals surface area (Å²) in [4.78, 5) is 17.6. The second-order valence-electron chi connectivity index (χ2n) is 9.46. The van der Waals surface area contributed by atoms with Gasteiger partial charge < -0.3 is 24.8 Å². The molecule has 0 spiro atoms. The van der Waals surface area contributed by atoms with Crippen molar-refractivity contribution in [1.29, 1.82) is 0 Å². The van der Waals surface area contributed by atoms with E-state index in [-0.39, 0.29) is 18.1 Å². The number of aliphatic hydroxyl groups excluding tert-OH is 1. The number of ether oxygens (including phenoxy) is 2. The lowest BCUT2D eigenvalue weighted by atomic mass is 9.94. The van der Waals surface area contributed by atoms with Crippen LogP contribution in [-0.2, 0) is 9.53 Å². The molecule has 1 saturated carbocycles. The van der Waals surface area contributed by atoms with E-state index in [1.807, 2.05) is 12.1 Å². The predicted octanol–water partition coefficient (Wildman–Crippen LogP) is 2.56. The molecule has 2 saturated heterocycles. The topological polar surface area (TPSA) is 74.3 Å². The first-order chi connectivity index (χ1) is 15.6. The second kappa shape index (κ2) is 11.3. The number of nitrogens with one attached hydrogen (secondary N) is 1. The van der Waals surface area contributed by atoms with E-state index in [2.05, 4.69) is 27.2 Å². The largest absolute Gasteiger partial charge is 0.495 e. The molecule has 3 aliphatic rings. The number of carbonyl (C=O) groups excluding carboxylic acids is 1. The minimum absolute atomic E-state index is 0.0350. The van der Waals surface area contributed by atoms with Crippen molar-refractivity contribution in [3.63, 3.8) is 0 Å². The zero-order valence-electron chi connectivity index (χ0n) is 19.4. The lowest BCUT2D eigenvalue weighted by Crippen LogP contribution is -2.52. The Hall–Kier alpha value is -1.83. The van der Waals surface area contributed by atoms with E-state index in [9.17, 15) is 9.90 Å². The third-order valence-corrected chi connectivity index (χ3v) is 7.25. The number of benzene rings is 1. The van der Waals surface area contributed by atoms with Crippen LogP contribution in [0.15, 0.2) is 24.3 Å². The molecule has 2 N–H and O–H groups in total. The van der Waals surface area contributed by atoms with Gasteiger partial charge in [0, 0.05) is 38.8 Å². The Morgan fingerprint density at radius 2 is 1.84 bits per heavy atom. The summed E-state index contributed by atoms with van der Waals surface area (Å²) < 4.78 is 11.6. The van der Waals surface area contributed by atoms with Crippen LogP contribution < -0.4 is 15.0 Å². The molecular weight excluding hydrogens is 406 g/mol. The summed E-state index contributed by atoms with van der Waals surface area (Å²) in [6.07, 6.45) is 6.64. The number of aliphatic hydroxyl groups is 1. The number of methoxy groups -OCH3 is 1. The molecule has 1 aromatic carbocycles. The summed E-state index contributed by atoms with van der Waals surface area (Å²) in [5.74, 6) is 0.798. The number of amides is 1. The van der Waals surface area contributed by atoms with Crippen molar-refractivity contribution in [3.05, 3.63) is 24.3 Å². The number of carbonyl (C=O) groups is 1. The summed E-state index contributed by atoms with van der Waals surface area (Å²) >= 11 is 0. The number of rotatable bonds is 7. The van der Waals surface area contributed by atoms with Crippen molar-refractivity contribution in [2.24, 2.45) is 0 Å². The SMILES string of the molecule is COc1ccccc1N1CCN(CC[C@@H]2CC[C@H](O)[C@@H](C(=O)NC3CCCCC3)O2)CC1. The van der Waals surface area contributed by atoms with Crippen LogP contribution in [0.25, 0.3) is 0 Å². The third-order valence-electron chi connectivity index (χ3n) is 7.25. The highest BCUT2D eigenvalue weighted by Gasteiger charge is 2.36. The Morgan fingerprint density at radius 1 is 1.09 bits per heavy atom. The smallest absolute Gasteiger partial charge is 0.252 e. The molecular formula is C25H39N3O4. The minimum Gasteiger partial charge on any atom is -0.495 e. The average molecular weight is 446 g/mol. The van der Waals surface area contributed by atoms with Crippen molar-refractivity contribution in [3.8, 4) is 5.75 Å². The van der Waals surface area contributed by atoms with E-state index in [1.54, 1.807) is 7.11 Å². The van der Waals surface area contributed by atoms with Gasteiger partial charge >= 0.3 is 0 Å². The molecule has 1 aliphatic carbocycles. The monoisotopic (exact) mass is 445 g/mol. The molecule has 7 nitrogen and oxygen atoms in total. The normalized spacial score (nSPS) is 27.8. The number of para-hydroxylation sites is 2. The molecule has 1 aromatic rings. The Labute approximate surface area is 192 Å². The molecule has 7 heteroatoms. The van der Waals surface area contributed by atoms with Gasteiger partial charge in [-0.05, 0) is 44.2 Å². The quantitative estimate of drug-likeness (QED) is 0.672. The van der Waals surface area contributed by atoms with E-state index in [1.165, 1.54) is 19.3 Å². The first-order valence-corrected chi connectivity index (χ1v) is 12.4. The minimum atomic E-state index is -0.724. The van der Waals surface area contributed by atoms with Gasteiger partial charge in [-0.1, -0.05) is 31.4 Å². The third kappa shape index (κ3) is 5.94. The number of hydrogen-bond acceptors (Lipinski definition) is 6. The average Bonchev–Trinajstić information content (AvgIpc) is 2.84. The molecule has 3 atom stereocenters. The molecule has 0 radical (unpaired) electrons. The van der Waals surface area contributed by atoms with Crippen LogP contribution >= 0.6 is 0 Å². The van der Waals surface area contributed by atoms with Crippen LogP contribution in [0.3, 0.4) is 0 Å². The number of piperazine rings is 1.